The summed E-state index contributed by atoms with van der Waals surface area (Å²) in [4.78, 5) is 2.53. The maximum Gasteiger partial charge on any atom is 0.0757 e. The molecule has 2 unspecified atom stereocenters. The summed E-state index contributed by atoms with van der Waals surface area (Å²) in [5.41, 5.74) is 0.00216. The highest BCUT2D eigenvalue weighted by Gasteiger charge is 2.31. The van der Waals surface area contributed by atoms with Crippen molar-refractivity contribution in [2.75, 3.05) is 26.2 Å². The second kappa shape index (κ2) is 5.99. The number of hydrogen-bond donors (Lipinski definition) is 1. The Balaban J connectivity index is 2.46. The van der Waals surface area contributed by atoms with Crippen molar-refractivity contribution in [3.8, 4) is 0 Å². The van der Waals surface area contributed by atoms with E-state index in [4.69, 9.17) is 4.74 Å². The minimum Gasteiger partial charge on any atom is -0.370 e. The summed E-state index contributed by atoms with van der Waals surface area (Å²) in [5.74, 6) is 0. The number of hydrogen-bond acceptors (Lipinski definition) is 3. The van der Waals surface area contributed by atoms with Gasteiger partial charge in [-0.2, -0.15) is 0 Å². The van der Waals surface area contributed by atoms with Gasteiger partial charge < -0.3 is 10.1 Å². The van der Waals surface area contributed by atoms with Crippen LogP contribution in [0.2, 0.25) is 0 Å². The van der Waals surface area contributed by atoms with Crippen molar-refractivity contribution in [1.82, 2.24) is 10.2 Å². The van der Waals surface area contributed by atoms with Gasteiger partial charge in [-0.1, -0.05) is 13.8 Å². The first kappa shape index (κ1) is 13.9. The zero-order chi connectivity index (χ0) is 12.2. The second-order valence-electron chi connectivity index (χ2n) is 5.55. The molecule has 0 spiro atoms. The first-order chi connectivity index (χ1) is 7.46. The molecule has 0 aromatic carbocycles. The SMILES string of the molecule is CCNC(CC)CN1CC(C)OC(C)(C)C1. The maximum atomic E-state index is 5.92. The molecule has 1 aliphatic rings. The summed E-state index contributed by atoms with van der Waals surface area (Å²) in [5, 5.41) is 3.54. The summed E-state index contributed by atoms with van der Waals surface area (Å²) in [7, 11) is 0. The first-order valence-corrected chi connectivity index (χ1v) is 6.60. The molecule has 3 nitrogen and oxygen atoms in total. The summed E-state index contributed by atoms with van der Waals surface area (Å²) >= 11 is 0. The normalized spacial score (nSPS) is 27.9. The van der Waals surface area contributed by atoms with Gasteiger partial charge in [-0.05, 0) is 33.7 Å². The number of rotatable bonds is 5. The Labute approximate surface area is 101 Å². The molecule has 0 aromatic rings. The Bertz CT molecular complexity index is 206. The Hall–Kier alpha value is -0.120. The molecule has 0 aliphatic carbocycles. The standard InChI is InChI=1S/C13H28N2O/c1-6-12(14-7-2)9-15-8-11(3)16-13(4,5)10-15/h11-12,14H,6-10H2,1-5H3. The Morgan fingerprint density at radius 2 is 2.12 bits per heavy atom. The van der Waals surface area contributed by atoms with Crippen molar-refractivity contribution in [3.05, 3.63) is 0 Å². The van der Waals surface area contributed by atoms with E-state index in [-0.39, 0.29) is 5.60 Å². The van der Waals surface area contributed by atoms with E-state index in [1.807, 2.05) is 0 Å². The second-order valence-corrected chi connectivity index (χ2v) is 5.55. The summed E-state index contributed by atoms with van der Waals surface area (Å²) in [6.07, 6.45) is 1.54. The van der Waals surface area contributed by atoms with Gasteiger partial charge in [-0.3, -0.25) is 4.90 Å². The summed E-state index contributed by atoms with van der Waals surface area (Å²) in [6, 6.07) is 0.617. The number of nitrogens with zero attached hydrogens (tertiary/aromatic N) is 1. The van der Waals surface area contributed by atoms with Gasteiger partial charge in [0.2, 0.25) is 0 Å². The zero-order valence-corrected chi connectivity index (χ0v) is 11.5. The van der Waals surface area contributed by atoms with E-state index in [0.29, 0.717) is 12.1 Å². The third-order valence-corrected chi connectivity index (χ3v) is 3.10. The number of morpholine rings is 1. The van der Waals surface area contributed by atoms with Crippen molar-refractivity contribution < 1.29 is 4.74 Å². The molecule has 1 fully saturated rings. The molecule has 0 bridgehead atoms. The van der Waals surface area contributed by atoms with E-state index >= 15 is 0 Å². The molecule has 0 amide bonds. The van der Waals surface area contributed by atoms with Crippen LogP contribution in [0, 0.1) is 0 Å². The van der Waals surface area contributed by atoms with Crippen LogP contribution in [0.4, 0.5) is 0 Å². The van der Waals surface area contributed by atoms with E-state index < -0.39 is 0 Å². The average molecular weight is 228 g/mol. The Morgan fingerprint density at radius 3 is 2.62 bits per heavy atom. The van der Waals surface area contributed by atoms with E-state index in [1.165, 1.54) is 6.42 Å². The van der Waals surface area contributed by atoms with Gasteiger partial charge in [0.1, 0.15) is 0 Å². The molecule has 16 heavy (non-hydrogen) atoms. The van der Waals surface area contributed by atoms with E-state index in [0.717, 1.165) is 26.2 Å². The average Bonchev–Trinajstić information content (AvgIpc) is 2.13. The molecule has 1 rings (SSSR count). The lowest BCUT2D eigenvalue weighted by Gasteiger charge is -2.42. The van der Waals surface area contributed by atoms with Crippen molar-refractivity contribution >= 4 is 0 Å². The lowest BCUT2D eigenvalue weighted by molar-refractivity contribution is -0.129. The molecular weight excluding hydrogens is 200 g/mol. The number of likely N-dealkylation sites (N-methyl/N-ethyl adjacent to an activating group) is 1. The quantitative estimate of drug-likeness (QED) is 0.777. The summed E-state index contributed by atoms with van der Waals surface area (Å²) < 4.78 is 5.92. The molecular formula is C13H28N2O. The molecule has 1 heterocycles. The lowest BCUT2D eigenvalue weighted by atomic mass is 10.0. The van der Waals surface area contributed by atoms with E-state index in [9.17, 15) is 0 Å². The predicted molar refractivity (Wildman–Crippen MR) is 68.8 cm³/mol. The van der Waals surface area contributed by atoms with Crippen LogP contribution < -0.4 is 5.32 Å². The van der Waals surface area contributed by atoms with Gasteiger partial charge in [-0.15, -0.1) is 0 Å². The highest BCUT2D eigenvalue weighted by atomic mass is 16.5. The maximum absolute atomic E-state index is 5.92. The van der Waals surface area contributed by atoms with Crippen LogP contribution in [-0.4, -0.2) is 48.8 Å². The third kappa shape index (κ3) is 4.40. The van der Waals surface area contributed by atoms with E-state index in [1.54, 1.807) is 0 Å². The molecule has 96 valence electrons. The van der Waals surface area contributed by atoms with Gasteiger partial charge in [0.25, 0.3) is 0 Å². The summed E-state index contributed by atoms with van der Waals surface area (Å²) in [6.45, 7) is 15.3. The minimum absolute atomic E-state index is 0.00216. The molecule has 3 heteroatoms. The Morgan fingerprint density at radius 1 is 1.44 bits per heavy atom. The topological polar surface area (TPSA) is 24.5 Å². The van der Waals surface area contributed by atoms with Gasteiger partial charge in [0.05, 0.1) is 11.7 Å². The van der Waals surface area contributed by atoms with Crippen LogP contribution >= 0.6 is 0 Å². The van der Waals surface area contributed by atoms with Gasteiger partial charge in [0.15, 0.2) is 0 Å². The highest BCUT2D eigenvalue weighted by molar-refractivity contribution is 4.84. The fraction of sp³-hybridized carbons (Fsp3) is 1.00. The van der Waals surface area contributed by atoms with Gasteiger partial charge >= 0.3 is 0 Å². The predicted octanol–water partition coefficient (Wildman–Crippen LogP) is 1.87. The third-order valence-electron chi connectivity index (χ3n) is 3.10. The van der Waals surface area contributed by atoms with Crippen molar-refractivity contribution in [3.63, 3.8) is 0 Å². The number of ether oxygens (including phenoxy) is 1. The molecule has 0 saturated carbocycles. The first-order valence-electron chi connectivity index (χ1n) is 6.60. The van der Waals surface area contributed by atoms with E-state index in [2.05, 4.69) is 44.8 Å². The molecule has 1 N–H and O–H groups in total. The minimum atomic E-state index is 0.00216. The van der Waals surface area contributed by atoms with Crippen LogP contribution in [0.25, 0.3) is 0 Å². The molecule has 0 aromatic heterocycles. The largest absolute Gasteiger partial charge is 0.370 e. The van der Waals surface area contributed by atoms with Crippen LogP contribution in [-0.2, 0) is 4.74 Å². The zero-order valence-electron chi connectivity index (χ0n) is 11.5. The molecule has 1 aliphatic heterocycles. The van der Waals surface area contributed by atoms with Crippen molar-refractivity contribution in [1.29, 1.82) is 0 Å². The number of nitrogens with one attached hydrogen (secondary N) is 1. The fourth-order valence-corrected chi connectivity index (χ4v) is 2.66. The molecule has 0 radical (unpaired) electrons. The van der Waals surface area contributed by atoms with Crippen molar-refractivity contribution in [2.24, 2.45) is 0 Å². The smallest absolute Gasteiger partial charge is 0.0757 e. The Kier molecular flexibility index (Phi) is 5.22. The monoisotopic (exact) mass is 228 g/mol. The molecule has 1 saturated heterocycles. The van der Waals surface area contributed by atoms with Crippen LogP contribution in [0.5, 0.6) is 0 Å². The highest BCUT2D eigenvalue weighted by Crippen LogP contribution is 2.20. The lowest BCUT2D eigenvalue weighted by Crippen LogP contribution is -2.54. The van der Waals surface area contributed by atoms with Crippen molar-refractivity contribution in [2.45, 2.75) is 58.8 Å². The van der Waals surface area contributed by atoms with Crippen LogP contribution in [0.3, 0.4) is 0 Å². The van der Waals surface area contributed by atoms with Gasteiger partial charge in [-0.25, -0.2) is 0 Å². The molecule has 2 atom stereocenters. The fourth-order valence-electron chi connectivity index (χ4n) is 2.66. The van der Waals surface area contributed by atoms with Crippen LogP contribution in [0.1, 0.15) is 41.0 Å². The van der Waals surface area contributed by atoms with Gasteiger partial charge in [0, 0.05) is 25.7 Å². The van der Waals surface area contributed by atoms with Crippen LogP contribution in [0.15, 0.2) is 0 Å².